The van der Waals surface area contributed by atoms with E-state index >= 15 is 0 Å². The van der Waals surface area contributed by atoms with Crippen LogP contribution in [0.1, 0.15) is 17.3 Å². The first-order valence-corrected chi connectivity index (χ1v) is 3.67. The van der Waals surface area contributed by atoms with Gasteiger partial charge < -0.3 is 5.73 Å². The number of rotatable bonds is 2. The molecule has 0 heterocycles. The van der Waals surface area contributed by atoms with E-state index in [0.29, 0.717) is 0 Å². The van der Waals surface area contributed by atoms with Crippen LogP contribution in [0.2, 0.25) is 0 Å². The molecule has 13 heavy (non-hydrogen) atoms. The second kappa shape index (κ2) is 4.94. The quantitative estimate of drug-likeness (QED) is 0.745. The van der Waals surface area contributed by atoms with E-state index < -0.39 is 11.9 Å². The van der Waals surface area contributed by atoms with Crippen molar-refractivity contribution in [3.05, 3.63) is 35.6 Å². The minimum absolute atomic E-state index is 0. The average molecular weight is 204 g/mol. The van der Waals surface area contributed by atoms with Gasteiger partial charge in [0.1, 0.15) is 5.82 Å². The zero-order valence-corrected chi connectivity index (χ0v) is 7.98. The summed E-state index contributed by atoms with van der Waals surface area (Å²) in [6, 6.07) is 5.17. The molecule has 1 aromatic carbocycles. The van der Waals surface area contributed by atoms with Gasteiger partial charge in [-0.2, -0.15) is 0 Å². The number of halogens is 2. The third kappa shape index (κ3) is 2.79. The Morgan fingerprint density at radius 2 is 2.00 bits per heavy atom. The molecule has 0 saturated heterocycles. The van der Waals surface area contributed by atoms with Gasteiger partial charge in [0.2, 0.25) is 0 Å². The van der Waals surface area contributed by atoms with E-state index in [1.54, 1.807) is 6.07 Å². The Morgan fingerprint density at radius 3 is 2.46 bits per heavy atom. The molecule has 0 fully saturated rings. The molecule has 0 bridgehead atoms. The van der Waals surface area contributed by atoms with Gasteiger partial charge in [0.05, 0.1) is 11.6 Å². The van der Waals surface area contributed by atoms with Gasteiger partial charge in [-0.3, -0.25) is 4.79 Å². The van der Waals surface area contributed by atoms with Crippen molar-refractivity contribution in [1.29, 1.82) is 0 Å². The van der Waals surface area contributed by atoms with Crippen molar-refractivity contribution in [2.24, 2.45) is 5.73 Å². The highest BCUT2D eigenvalue weighted by atomic mass is 35.5. The first-order valence-electron chi connectivity index (χ1n) is 3.67. The summed E-state index contributed by atoms with van der Waals surface area (Å²) in [5.74, 6) is -0.882. The number of benzene rings is 1. The predicted molar refractivity (Wildman–Crippen MR) is 51.6 cm³/mol. The number of nitrogens with two attached hydrogens (primary N) is 1. The van der Waals surface area contributed by atoms with Gasteiger partial charge in [0.15, 0.2) is 5.78 Å². The fourth-order valence-electron chi connectivity index (χ4n) is 0.906. The largest absolute Gasteiger partial charge is 0.321 e. The third-order valence-corrected chi connectivity index (χ3v) is 1.55. The van der Waals surface area contributed by atoms with Crippen molar-refractivity contribution < 1.29 is 9.18 Å². The van der Waals surface area contributed by atoms with Crippen molar-refractivity contribution in [2.75, 3.05) is 0 Å². The molecule has 0 radical (unpaired) electrons. The van der Waals surface area contributed by atoms with Gasteiger partial charge in [-0.1, -0.05) is 12.1 Å². The molecule has 0 saturated carbocycles. The van der Waals surface area contributed by atoms with Gasteiger partial charge in [-0.15, -0.1) is 12.4 Å². The van der Waals surface area contributed by atoms with Crippen LogP contribution in [-0.4, -0.2) is 11.8 Å². The Kier molecular flexibility index (Phi) is 4.59. The van der Waals surface area contributed by atoms with E-state index in [1.165, 1.54) is 25.1 Å². The van der Waals surface area contributed by atoms with Gasteiger partial charge >= 0.3 is 0 Å². The molecule has 0 spiro atoms. The van der Waals surface area contributed by atoms with Crippen LogP contribution in [0.4, 0.5) is 4.39 Å². The van der Waals surface area contributed by atoms with Crippen LogP contribution in [0.3, 0.4) is 0 Å². The Morgan fingerprint density at radius 1 is 1.46 bits per heavy atom. The smallest absolute Gasteiger partial charge is 0.182 e. The van der Waals surface area contributed by atoms with E-state index in [2.05, 4.69) is 0 Å². The first-order chi connectivity index (χ1) is 5.63. The molecule has 0 aromatic heterocycles. The van der Waals surface area contributed by atoms with Crippen molar-refractivity contribution in [3.63, 3.8) is 0 Å². The fourth-order valence-corrected chi connectivity index (χ4v) is 0.906. The van der Waals surface area contributed by atoms with Crippen LogP contribution < -0.4 is 5.73 Å². The summed E-state index contributed by atoms with van der Waals surface area (Å²) in [4.78, 5) is 11.2. The highest BCUT2D eigenvalue weighted by Gasteiger charge is 2.13. The predicted octanol–water partition coefficient (Wildman–Crippen LogP) is 1.78. The lowest BCUT2D eigenvalue weighted by molar-refractivity contribution is 0.0964. The minimum Gasteiger partial charge on any atom is -0.321 e. The molecular formula is C9H11ClFNO. The monoisotopic (exact) mass is 203 g/mol. The lowest BCUT2D eigenvalue weighted by Crippen LogP contribution is -2.27. The molecule has 1 rings (SSSR count). The zero-order chi connectivity index (χ0) is 9.14. The molecule has 0 aliphatic rings. The molecule has 72 valence electrons. The van der Waals surface area contributed by atoms with Gasteiger partial charge in [0.25, 0.3) is 0 Å². The summed E-state index contributed by atoms with van der Waals surface area (Å²) < 4.78 is 12.9. The van der Waals surface area contributed by atoms with E-state index in [-0.39, 0.29) is 23.8 Å². The second-order valence-electron chi connectivity index (χ2n) is 2.63. The Hall–Kier alpha value is -0.930. The summed E-state index contributed by atoms with van der Waals surface area (Å²) in [5.41, 5.74) is 5.38. The third-order valence-electron chi connectivity index (χ3n) is 1.55. The SMILES string of the molecule is CC(N)C(=O)c1ccccc1F.Cl. The van der Waals surface area contributed by atoms with Crippen molar-refractivity contribution in [3.8, 4) is 0 Å². The maximum atomic E-state index is 12.9. The minimum atomic E-state index is -0.651. The number of Topliss-reactive ketones (excluding diaryl/α,β-unsaturated/α-hetero) is 1. The number of carbonyl (C=O) groups excluding carboxylic acids is 1. The standard InChI is InChI=1S/C9H10FNO.ClH/c1-6(11)9(12)7-4-2-3-5-8(7)10;/h2-6H,11H2,1H3;1H. The highest BCUT2D eigenvalue weighted by molar-refractivity contribution is 5.99. The molecule has 1 unspecified atom stereocenters. The van der Waals surface area contributed by atoms with E-state index in [9.17, 15) is 9.18 Å². The topological polar surface area (TPSA) is 43.1 Å². The zero-order valence-electron chi connectivity index (χ0n) is 7.16. The van der Waals surface area contributed by atoms with Crippen LogP contribution in [0.25, 0.3) is 0 Å². The molecule has 2 N–H and O–H groups in total. The molecule has 4 heteroatoms. The van der Waals surface area contributed by atoms with Crippen LogP contribution in [0.5, 0.6) is 0 Å². The highest BCUT2D eigenvalue weighted by Crippen LogP contribution is 2.08. The van der Waals surface area contributed by atoms with Gasteiger partial charge in [0, 0.05) is 0 Å². The molecule has 0 aliphatic heterocycles. The van der Waals surface area contributed by atoms with Gasteiger partial charge in [-0.25, -0.2) is 4.39 Å². The maximum absolute atomic E-state index is 12.9. The van der Waals surface area contributed by atoms with Crippen LogP contribution in [0, 0.1) is 5.82 Å². The normalized spacial score (nSPS) is 11.6. The molecule has 0 aliphatic carbocycles. The number of hydrogen-bond donors (Lipinski definition) is 1. The number of hydrogen-bond acceptors (Lipinski definition) is 2. The van der Waals surface area contributed by atoms with Gasteiger partial charge in [-0.05, 0) is 19.1 Å². The summed E-state index contributed by atoms with van der Waals surface area (Å²) in [5, 5.41) is 0. The van der Waals surface area contributed by atoms with E-state index in [0.717, 1.165) is 0 Å². The number of carbonyl (C=O) groups is 1. The van der Waals surface area contributed by atoms with E-state index in [1.807, 2.05) is 0 Å². The maximum Gasteiger partial charge on any atom is 0.182 e. The Labute approximate surface area is 82.3 Å². The molecule has 2 nitrogen and oxygen atoms in total. The van der Waals surface area contributed by atoms with E-state index in [4.69, 9.17) is 5.73 Å². The second-order valence-corrected chi connectivity index (χ2v) is 2.63. The molecule has 1 atom stereocenters. The van der Waals surface area contributed by atoms with Crippen molar-refractivity contribution in [2.45, 2.75) is 13.0 Å². The lowest BCUT2D eigenvalue weighted by atomic mass is 10.1. The summed E-state index contributed by atoms with van der Waals surface area (Å²) in [6.07, 6.45) is 0. The Bertz CT molecular complexity index is 301. The fraction of sp³-hybridized carbons (Fsp3) is 0.222. The average Bonchev–Trinajstić information content (AvgIpc) is 2.04. The lowest BCUT2D eigenvalue weighted by Gasteiger charge is -2.04. The molecule has 0 amide bonds. The summed E-state index contributed by atoms with van der Waals surface area (Å²) in [6.45, 7) is 1.54. The van der Waals surface area contributed by atoms with Crippen molar-refractivity contribution in [1.82, 2.24) is 0 Å². The van der Waals surface area contributed by atoms with Crippen LogP contribution in [-0.2, 0) is 0 Å². The first kappa shape index (κ1) is 12.1. The van der Waals surface area contributed by atoms with Crippen LogP contribution >= 0.6 is 12.4 Å². The summed E-state index contributed by atoms with van der Waals surface area (Å²) in [7, 11) is 0. The molecular weight excluding hydrogens is 193 g/mol. The number of ketones is 1. The molecule has 1 aromatic rings. The van der Waals surface area contributed by atoms with Crippen molar-refractivity contribution >= 4 is 18.2 Å². The summed E-state index contributed by atoms with van der Waals surface area (Å²) >= 11 is 0. The Balaban J connectivity index is 0.00000144. The van der Waals surface area contributed by atoms with Crippen LogP contribution in [0.15, 0.2) is 24.3 Å².